The van der Waals surface area contributed by atoms with E-state index in [-0.39, 0.29) is 16.0 Å². The molecule has 1 aromatic rings. The van der Waals surface area contributed by atoms with E-state index in [1.54, 1.807) is 11.8 Å². The number of hydrogen-bond acceptors (Lipinski definition) is 3. The number of nitrogens with one attached hydrogen (secondary N) is 1. The maximum absolute atomic E-state index is 13.8. The molecule has 0 aromatic heterocycles. The first kappa shape index (κ1) is 15.1. The van der Waals surface area contributed by atoms with Crippen LogP contribution in [-0.2, 0) is 0 Å². The number of nitrogens with two attached hydrogens (primary N) is 1. The molecule has 0 atom stereocenters. The third-order valence-corrected chi connectivity index (χ3v) is 5.25. The van der Waals surface area contributed by atoms with Crippen LogP contribution in [0.1, 0.15) is 36.0 Å². The van der Waals surface area contributed by atoms with Gasteiger partial charge >= 0.3 is 0 Å². The summed E-state index contributed by atoms with van der Waals surface area (Å²) < 4.78 is 27.0. The van der Waals surface area contributed by atoms with Crippen molar-refractivity contribution in [1.82, 2.24) is 5.32 Å². The molecule has 0 heterocycles. The maximum Gasteiger partial charge on any atom is 0.254 e. The molecule has 1 aromatic carbocycles. The van der Waals surface area contributed by atoms with E-state index in [9.17, 15) is 13.6 Å². The Hall–Kier alpha value is -1.30. The predicted octanol–water partition coefficient (Wildman–Crippen LogP) is 2.95. The lowest BCUT2D eigenvalue weighted by molar-refractivity contribution is 0.0945. The molecule has 6 heteroatoms. The Kier molecular flexibility index (Phi) is 4.52. The summed E-state index contributed by atoms with van der Waals surface area (Å²) in [6, 6.07) is 1.74. The molecular weight excluding hydrogens is 282 g/mol. The molecule has 0 spiro atoms. The van der Waals surface area contributed by atoms with Gasteiger partial charge in [-0.1, -0.05) is 12.8 Å². The topological polar surface area (TPSA) is 55.1 Å². The summed E-state index contributed by atoms with van der Waals surface area (Å²) >= 11 is 1.72. The number of nitrogen functional groups attached to an aromatic ring is 1. The molecule has 1 aliphatic rings. The van der Waals surface area contributed by atoms with E-state index in [0.717, 1.165) is 37.8 Å². The molecule has 0 aliphatic heterocycles. The number of rotatable bonds is 4. The minimum Gasteiger partial charge on any atom is -0.396 e. The van der Waals surface area contributed by atoms with Crippen LogP contribution in [0.5, 0.6) is 0 Å². The van der Waals surface area contributed by atoms with Gasteiger partial charge in [-0.25, -0.2) is 8.78 Å². The highest BCUT2D eigenvalue weighted by atomic mass is 32.2. The number of benzene rings is 1. The summed E-state index contributed by atoms with van der Waals surface area (Å²) in [5.41, 5.74) is 4.64. The van der Waals surface area contributed by atoms with Crippen LogP contribution in [0.4, 0.5) is 14.5 Å². The first-order chi connectivity index (χ1) is 9.47. The van der Waals surface area contributed by atoms with Gasteiger partial charge in [-0.2, -0.15) is 11.8 Å². The van der Waals surface area contributed by atoms with Gasteiger partial charge in [0, 0.05) is 11.3 Å². The molecule has 110 valence electrons. The Bertz CT molecular complexity index is 516. The number of thioether (sulfide) groups is 1. The Morgan fingerprint density at radius 1 is 1.40 bits per heavy atom. The van der Waals surface area contributed by atoms with Crippen LogP contribution in [-0.4, -0.2) is 23.5 Å². The SMILES string of the molecule is CSC1(CNC(=O)c2cc(F)cc(N)c2F)CCCC1. The fourth-order valence-corrected chi connectivity index (χ4v) is 3.50. The average molecular weight is 300 g/mol. The first-order valence-electron chi connectivity index (χ1n) is 6.55. The van der Waals surface area contributed by atoms with Crippen molar-refractivity contribution in [2.75, 3.05) is 18.5 Å². The van der Waals surface area contributed by atoms with E-state index < -0.39 is 17.5 Å². The van der Waals surface area contributed by atoms with Crippen LogP contribution >= 0.6 is 11.8 Å². The second kappa shape index (κ2) is 5.99. The summed E-state index contributed by atoms with van der Waals surface area (Å²) in [5, 5.41) is 2.71. The Morgan fingerprint density at radius 2 is 2.05 bits per heavy atom. The van der Waals surface area contributed by atoms with Crippen LogP contribution in [0.15, 0.2) is 12.1 Å². The molecule has 1 saturated carbocycles. The van der Waals surface area contributed by atoms with Crippen LogP contribution in [0.3, 0.4) is 0 Å². The fraction of sp³-hybridized carbons (Fsp3) is 0.500. The van der Waals surface area contributed by atoms with E-state index in [1.165, 1.54) is 0 Å². The van der Waals surface area contributed by atoms with Crippen molar-refractivity contribution in [3.05, 3.63) is 29.3 Å². The molecule has 0 saturated heterocycles. The maximum atomic E-state index is 13.8. The molecule has 0 radical (unpaired) electrons. The largest absolute Gasteiger partial charge is 0.396 e. The highest BCUT2D eigenvalue weighted by Gasteiger charge is 2.33. The average Bonchev–Trinajstić information content (AvgIpc) is 2.89. The zero-order valence-corrected chi connectivity index (χ0v) is 12.2. The van der Waals surface area contributed by atoms with Crippen LogP contribution in [0, 0.1) is 11.6 Å². The van der Waals surface area contributed by atoms with E-state index in [4.69, 9.17) is 5.73 Å². The van der Waals surface area contributed by atoms with Crippen molar-refractivity contribution in [3.8, 4) is 0 Å². The molecule has 0 unspecified atom stereocenters. The zero-order chi connectivity index (χ0) is 14.8. The van der Waals surface area contributed by atoms with E-state index in [1.807, 2.05) is 6.26 Å². The number of halogens is 2. The zero-order valence-electron chi connectivity index (χ0n) is 11.3. The second-order valence-corrected chi connectivity index (χ2v) is 6.41. The van der Waals surface area contributed by atoms with Crippen molar-refractivity contribution in [3.63, 3.8) is 0 Å². The lowest BCUT2D eigenvalue weighted by atomic mass is 10.1. The number of anilines is 1. The van der Waals surface area contributed by atoms with Gasteiger partial charge in [0.2, 0.25) is 0 Å². The van der Waals surface area contributed by atoms with Crippen molar-refractivity contribution < 1.29 is 13.6 Å². The normalized spacial score (nSPS) is 17.1. The minimum atomic E-state index is -0.867. The van der Waals surface area contributed by atoms with E-state index >= 15 is 0 Å². The van der Waals surface area contributed by atoms with E-state index in [2.05, 4.69) is 5.32 Å². The van der Waals surface area contributed by atoms with Crippen molar-refractivity contribution in [1.29, 1.82) is 0 Å². The van der Waals surface area contributed by atoms with E-state index in [0.29, 0.717) is 6.54 Å². The van der Waals surface area contributed by atoms with Gasteiger partial charge in [0.05, 0.1) is 11.3 Å². The highest BCUT2D eigenvalue weighted by molar-refractivity contribution is 8.00. The lowest BCUT2D eigenvalue weighted by Crippen LogP contribution is -2.38. The van der Waals surface area contributed by atoms with Crippen molar-refractivity contribution >= 4 is 23.4 Å². The standard InChI is InChI=1S/C14H18F2N2OS/c1-20-14(4-2-3-5-14)8-18-13(19)10-6-9(15)7-11(17)12(10)16/h6-7H,2-5,8,17H2,1H3,(H,18,19). The van der Waals surface area contributed by atoms with Gasteiger partial charge in [-0.3, -0.25) is 4.79 Å². The molecule has 20 heavy (non-hydrogen) atoms. The Balaban J connectivity index is 2.09. The number of hydrogen-bond donors (Lipinski definition) is 2. The summed E-state index contributed by atoms with van der Waals surface area (Å²) in [7, 11) is 0. The molecule has 2 rings (SSSR count). The summed E-state index contributed by atoms with van der Waals surface area (Å²) in [6.07, 6.45) is 6.35. The predicted molar refractivity (Wildman–Crippen MR) is 77.8 cm³/mol. The molecule has 3 nitrogen and oxygen atoms in total. The minimum absolute atomic E-state index is 0.0189. The Labute approximate surface area is 121 Å². The number of carbonyl (C=O) groups excluding carboxylic acids is 1. The van der Waals surface area contributed by atoms with Gasteiger partial charge in [0.25, 0.3) is 5.91 Å². The summed E-state index contributed by atoms with van der Waals surface area (Å²) in [5.74, 6) is -2.20. The molecule has 1 amide bonds. The highest BCUT2D eigenvalue weighted by Crippen LogP contribution is 2.39. The van der Waals surface area contributed by atoms with Gasteiger partial charge in [-0.15, -0.1) is 0 Å². The number of amides is 1. The summed E-state index contributed by atoms with van der Waals surface area (Å²) in [4.78, 5) is 12.0. The van der Waals surface area contributed by atoms with Crippen molar-refractivity contribution in [2.45, 2.75) is 30.4 Å². The van der Waals surface area contributed by atoms with Crippen LogP contribution in [0.25, 0.3) is 0 Å². The number of carbonyl (C=O) groups is 1. The monoisotopic (exact) mass is 300 g/mol. The van der Waals surface area contributed by atoms with Crippen LogP contribution < -0.4 is 11.1 Å². The molecule has 0 bridgehead atoms. The lowest BCUT2D eigenvalue weighted by Gasteiger charge is -2.27. The van der Waals surface area contributed by atoms with Crippen molar-refractivity contribution in [2.24, 2.45) is 0 Å². The van der Waals surface area contributed by atoms with Gasteiger partial charge < -0.3 is 11.1 Å². The second-order valence-electron chi connectivity index (χ2n) is 5.13. The molecular formula is C14H18F2N2OS. The van der Waals surface area contributed by atoms with Gasteiger partial charge in [0.1, 0.15) is 5.82 Å². The van der Waals surface area contributed by atoms with Crippen LogP contribution in [0.2, 0.25) is 0 Å². The molecule has 1 aliphatic carbocycles. The third kappa shape index (κ3) is 3.06. The quantitative estimate of drug-likeness (QED) is 0.841. The van der Waals surface area contributed by atoms with Gasteiger partial charge in [0.15, 0.2) is 5.82 Å². The summed E-state index contributed by atoms with van der Waals surface area (Å²) in [6.45, 7) is 0.461. The third-order valence-electron chi connectivity index (χ3n) is 3.83. The first-order valence-corrected chi connectivity index (χ1v) is 7.78. The molecule has 1 fully saturated rings. The fourth-order valence-electron chi connectivity index (χ4n) is 2.58. The smallest absolute Gasteiger partial charge is 0.254 e. The van der Waals surface area contributed by atoms with Gasteiger partial charge in [-0.05, 0) is 31.2 Å². The molecule has 3 N–H and O–H groups in total. The Morgan fingerprint density at radius 3 is 2.65 bits per heavy atom.